The average Bonchev–Trinajstić information content (AvgIpc) is 3.08. The third-order valence-electron chi connectivity index (χ3n) is 4.01. The second-order valence-electron chi connectivity index (χ2n) is 6.83. The standard InChI is InChI=1S/C13H9.3C4H8O2.Ti/c1-3-7-12-10(5-1)9-11-6-2-4-8-13(11)12;3*1-2-3-4(5)6;/h1-5,7-8H,9H2;3*2-3H2,1H3,(H,5,6);/q-1;;;;. The van der Waals surface area contributed by atoms with Crippen LogP contribution < -0.4 is 0 Å². The number of carboxylic acids is 3. The van der Waals surface area contributed by atoms with Gasteiger partial charge in [0.15, 0.2) is 0 Å². The SMILES string of the molecule is CCCC(=O)O.CCCC(=O)O.CCCC(=O)O.[Ti].[c-]1cccc2c1Cc1ccccc1-2. The molecule has 0 atom stereocenters. The second-order valence-corrected chi connectivity index (χ2v) is 6.83. The summed E-state index contributed by atoms with van der Waals surface area (Å²) < 4.78 is 0. The average molecular weight is 477 g/mol. The fourth-order valence-corrected chi connectivity index (χ4v) is 2.64. The molecule has 7 heteroatoms. The first-order valence-corrected chi connectivity index (χ1v) is 10.5. The van der Waals surface area contributed by atoms with E-state index in [0.29, 0.717) is 19.3 Å². The summed E-state index contributed by atoms with van der Waals surface area (Å²) in [5.74, 6) is -2.13. The van der Waals surface area contributed by atoms with Gasteiger partial charge in [-0.25, -0.2) is 0 Å². The smallest absolute Gasteiger partial charge is 0.303 e. The molecule has 0 heterocycles. The minimum Gasteiger partial charge on any atom is -0.481 e. The van der Waals surface area contributed by atoms with E-state index in [0.717, 1.165) is 25.7 Å². The van der Waals surface area contributed by atoms with Crippen molar-refractivity contribution in [2.45, 2.75) is 65.7 Å². The Morgan fingerprint density at radius 2 is 1.19 bits per heavy atom. The molecule has 2 aromatic rings. The summed E-state index contributed by atoms with van der Waals surface area (Å²) in [7, 11) is 0. The number of hydrogen-bond acceptors (Lipinski definition) is 3. The van der Waals surface area contributed by atoms with Gasteiger partial charge in [-0.05, 0) is 25.7 Å². The van der Waals surface area contributed by atoms with E-state index in [1.807, 2.05) is 26.8 Å². The fraction of sp³-hybridized carbons (Fsp3) is 0.400. The zero-order valence-electron chi connectivity index (χ0n) is 19.1. The minimum atomic E-state index is -0.711. The maximum atomic E-state index is 9.60. The quantitative estimate of drug-likeness (QED) is 0.312. The summed E-state index contributed by atoms with van der Waals surface area (Å²) in [4.78, 5) is 28.8. The maximum absolute atomic E-state index is 9.60. The van der Waals surface area contributed by atoms with Crippen LogP contribution in [-0.4, -0.2) is 33.2 Å². The summed E-state index contributed by atoms with van der Waals surface area (Å²) in [5, 5.41) is 23.7. The van der Waals surface area contributed by atoms with Crippen LogP contribution in [0.25, 0.3) is 11.1 Å². The first-order chi connectivity index (χ1) is 14.8. The summed E-state index contributed by atoms with van der Waals surface area (Å²) in [5.41, 5.74) is 5.51. The van der Waals surface area contributed by atoms with Crippen molar-refractivity contribution < 1.29 is 51.4 Å². The largest absolute Gasteiger partial charge is 0.481 e. The van der Waals surface area contributed by atoms with Crippen molar-refractivity contribution in [3.63, 3.8) is 0 Å². The molecule has 0 aromatic heterocycles. The third-order valence-corrected chi connectivity index (χ3v) is 4.01. The zero-order chi connectivity index (χ0) is 23.6. The Kier molecular flexibility index (Phi) is 19.1. The van der Waals surface area contributed by atoms with E-state index >= 15 is 0 Å². The maximum Gasteiger partial charge on any atom is 0.303 e. The Balaban J connectivity index is 0. The number of carbonyl (C=O) groups is 3. The van der Waals surface area contributed by atoms with Crippen molar-refractivity contribution in [2.75, 3.05) is 0 Å². The van der Waals surface area contributed by atoms with Crippen LogP contribution in [0.4, 0.5) is 0 Å². The van der Waals surface area contributed by atoms with Crippen LogP contribution in [-0.2, 0) is 42.5 Å². The van der Waals surface area contributed by atoms with E-state index in [1.165, 1.54) is 22.3 Å². The Bertz CT molecular complexity index is 738. The van der Waals surface area contributed by atoms with Gasteiger partial charge in [-0.3, -0.25) is 14.4 Å². The Morgan fingerprint density at radius 3 is 1.59 bits per heavy atom. The van der Waals surface area contributed by atoms with Crippen molar-refractivity contribution in [3.05, 3.63) is 59.7 Å². The van der Waals surface area contributed by atoms with E-state index in [-0.39, 0.29) is 21.7 Å². The Morgan fingerprint density at radius 1 is 0.750 bits per heavy atom. The first-order valence-electron chi connectivity index (χ1n) is 10.5. The van der Waals surface area contributed by atoms with Crippen molar-refractivity contribution in [1.29, 1.82) is 0 Å². The van der Waals surface area contributed by atoms with Crippen LogP contribution >= 0.6 is 0 Å². The normalized spacial score (nSPS) is 9.59. The van der Waals surface area contributed by atoms with Gasteiger partial charge in [-0.2, -0.15) is 29.8 Å². The van der Waals surface area contributed by atoms with Crippen LogP contribution in [0.3, 0.4) is 0 Å². The predicted molar refractivity (Wildman–Crippen MR) is 121 cm³/mol. The molecule has 0 radical (unpaired) electrons. The predicted octanol–water partition coefficient (Wildman–Crippen LogP) is 5.67. The monoisotopic (exact) mass is 477 g/mol. The van der Waals surface area contributed by atoms with Gasteiger partial charge < -0.3 is 15.3 Å². The number of aliphatic carboxylic acids is 3. The van der Waals surface area contributed by atoms with Gasteiger partial charge in [-0.1, -0.05) is 56.2 Å². The van der Waals surface area contributed by atoms with Crippen molar-refractivity contribution in [2.24, 2.45) is 0 Å². The molecule has 0 unspecified atom stereocenters. The fourth-order valence-electron chi connectivity index (χ4n) is 2.64. The molecule has 6 nitrogen and oxygen atoms in total. The number of benzene rings is 2. The second kappa shape index (κ2) is 19.3. The zero-order valence-corrected chi connectivity index (χ0v) is 20.6. The van der Waals surface area contributed by atoms with Gasteiger partial charge in [0.2, 0.25) is 0 Å². The molecule has 32 heavy (non-hydrogen) atoms. The van der Waals surface area contributed by atoms with Gasteiger partial charge in [0.25, 0.3) is 0 Å². The summed E-state index contributed by atoms with van der Waals surface area (Å²) in [6.45, 7) is 5.52. The topological polar surface area (TPSA) is 112 Å². The summed E-state index contributed by atoms with van der Waals surface area (Å²) >= 11 is 0. The molecule has 1 aliphatic rings. The molecule has 0 saturated heterocycles. The van der Waals surface area contributed by atoms with Gasteiger partial charge in [0, 0.05) is 41.0 Å². The molecule has 0 amide bonds. The summed E-state index contributed by atoms with van der Waals surface area (Å²) in [6.07, 6.45) is 4.12. The molecule has 2 aromatic carbocycles. The Labute approximate surface area is 205 Å². The van der Waals surface area contributed by atoms with E-state index in [1.54, 1.807) is 0 Å². The van der Waals surface area contributed by atoms with E-state index < -0.39 is 17.9 Å². The number of rotatable bonds is 6. The van der Waals surface area contributed by atoms with Crippen molar-refractivity contribution >= 4 is 17.9 Å². The van der Waals surface area contributed by atoms with Crippen LogP contribution in [0.15, 0.2) is 42.5 Å². The molecule has 0 bridgehead atoms. The molecule has 0 aliphatic heterocycles. The third kappa shape index (κ3) is 14.5. The van der Waals surface area contributed by atoms with E-state index in [2.05, 4.69) is 42.5 Å². The number of fused-ring (bicyclic) bond motifs is 3. The molecular formula is C25H33O6Ti-. The first kappa shape index (κ1) is 31.7. The van der Waals surface area contributed by atoms with Crippen molar-refractivity contribution in [1.82, 2.24) is 0 Å². The van der Waals surface area contributed by atoms with Gasteiger partial charge in [0.05, 0.1) is 0 Å². The van der Waals surface area contributed by atoms with Gasteiger partial charge in [0.1, 0.15) is 0 Å². The molecule has 1 aliphatic carbocycles. The molecule has 3 N–H and O–H groups in total. The molecule has 174 valence electrons. The van der Waals surface area contributed by atoms with Gasteiger partial charge in [-0.15, -0.1) is 5.56 Å². The molecule has 0 spiro atoms. The van der Waals surface area contributed by atoms with E-state index in [4.69, 9.17) is 15.3 Å². The van der Waals surface area contributed by atoms with Crippen LogP contribution in [0.1, 0.15) is 70.4 Å². The van der Waals surface area contributed by atoms with Crippen LogP contribution in [0.2, 0.25) is 0 Å². The number of carboxylic acid groups (broad SMARTS) is 3. The van der Waals surface area contributed by atoms with Crippen LogP contribution in [0.5, 0.6) is 0 Å². The molecular weight excluding hydrogens is 444 g/mol. The van der Waals surface area contributed by atoms with Crippen molar-refractivity contribution in [3.8, 4) is 11.1 Å². The molecule has 3 rings (SSSR count). The molecule has 0 saturated carbocycles. The summed E-state index contributed by atoms with van der Waals surface area (Å²) in [6, 6.07) is 18.1. The molecule has 0 fully saturated rings. The number of hydrogen-bond donors (Lipinski definition) is 3. The van der Waals surface area contributed by atoms with Crippen LogP contribution in [0, 0.1) is 6.07 Å². The Hall–Kier alpha value is -2.44. The van der Waals surface area contributed by atoms with E-state index in [9.17, 15) is 14.4 Å². The minimum absolute atomic E-state index is 0. The van der Waals surface area contributed by atoms with Gasteiger partial charge >= 0.3 is 17.9 Å².